The highest BCUT2D eigenvalue weighted by Crippen LogP contribution is 2.31. The summed E-state index contributed by atoms with van der Waals surface area (Å²) in [6.45, 7) is 0. The number of oxazole rings is 1. The Bertz CT molecular complexity index is 1210. The molecule has 0 atom stereocenters. The first-order valence-electron chi connectivity index (χ1n) is 8.41. The van der Waals surface area contributed by atoms with Crippen LogP contribution in [0, 0.1) is 0 Å². The van der Waals surface area contributed by atoms with Crippen LogP contribution in [0.1, 0.15) is 5.56 Å². The van der Waals surface area contributed by atoms with E-state index in [0.29, 0.717) is 21.5 Å². The smallest absolute Gasteiger partial charge is 0.227 e. The molecule has 3 aromatic carbocycles. The quantitative estimate of drug-likeness (QED) is 0.283. The highest BCUT2D eigenvalue weighted by molar-refractivity contribution is 9.10. The molecule has 6 heteroatoms. The number of rotatable bonds is 4. The number of fused-ring (bicyclic) bond motifs is 1. The summed E-state index contributed by atoms with van der Waals surface area (Å²) in [5, 5.41) is 0.956. The Morgan fingerprint density at radius 2 is 1.86 bits per heavy atom. The van der Waals surface area contributed by atoms with Crippen molar-refractivity contribution in [1.29, 1.82) is 0 Å². The predicted octanol–water partition coefficient (Wildman–Crippen LogP) is 7.98. The molecule has 0 bridgehead atoms. The average molecular weight is 472 g/mol. The lowest BCUT2D eigenvalue weighted by molar-refractivity contribution is 0.620. The first kappa shape index (κ1) is 18.9. The fraction of sp³-hybridized carbons (Fsp3) is 0. The molecule has 28 heavy (non-hydrogen) atoms. The minimum atomic E-state index is 0.462. The molecular weight excluding hydrogens is 459 g/mol. The van der Waals surface area contributed by atoms with Gasteiger partial charge in [0.2, 0.25) is 5.89 Å². The summed E-state index contributed by atoms with van der Waals surface area (Å²) in [4.78, 5) is 8.99. The van der Waals surface area contributed by atoms with Gasteiger partial charge in [0, 0.05) is 16.3 Å². The molecule has 0 unspecified atom stereocenters. The number of halogens is 3. The molecule has 1 heterocycles. The van der Waals surface area contributed by atoms with Crippen LogP contribution in [0.4, 0.5) is 5.69 Å². The van der Waals surface area contributed by atoms with Crippen LogP contribution in [0.15, 0.2) is 80.6 Å². The molecule has 1 aromatic heterocycles. The van der Waals surface area contributed by atoms with E-state index in [0.717, 1.165) is 26.8 Å². The summed E-state index contributed by atoms with van der Waals surface area (Å²) in [5.41, 5.74) is 4.07. The summed E-state index contributed by atoms with van der Waals surface area (Å²) >= 11 is 15.5. The number of benzene rings is 3. The molecule has 0 aliphatic rings. The van der Waals surface area contributed by atoms with Gasteiger partial charge >= 0.3 is 0 Å². The zero-order chi connectivity index (χ0) is 19.5. The van der Waals surface area contributed by atoms with Gasteiger partial charge < -0.3 is 4.42 Å². The summed E-state index contributed by atoms with van der Waals surface area (Å²) in [6, 6.07) is 19.0. The van der Waals surface area contributed by atoms with Gasteiger partial charge in [0.1, 0.15) is 5.52 Å². The molecule has 0 N–H and O–H groups in total. The average Bonchev–Trinajstić information content (AvgIpc) is 3.11. The van der Waals surface area contributed by atoms with Crippen LogP contribution in [0.2, 0.25) is 10.0 Å². The van der Waals surface area contributed by atoms with Crippen molar-refractivity contribution < 1.29 is 4.42 Å². The second kappa shape index (κ2) is 8.31. The summed E-state index contributed by atoms with van der Waals surface area (Å²) < 4.78 is 6.86. The Balaban J connectivity index is 1.55. The van der Waals surface area contributed by atoms with Crippen molar-refractivity contribution in [2.45, 2.75) is 0 Å². The molecule has 0 aliphatic carbocycles. The van der Waals surface area contributed by atoms with Crippen LogP contribution < -0.4 is 0 Å². The van der Waals surface area contributed by atoms with E-state index < -0.39 is 0 Å². The Morgan fingerprint density at radius 1 is 0.964 bits per heavy atom. The lowest BCUT2D eigenvalue weighted by Crippen LogP contribution is -1.77. The third kappa shape index (κ3) is 4.36. The standard InChI is InChI=1S/C22H13BrCl2N2O/c23-16-5-1-3-14(11-16)4-2-10-26-17-7-9-21-20(13-17)27-22(28-21)15-6-8-18(24)19(25)12-15/h1-13H. The van der Waals surface area contributed by atoms with Gasteiger partial charge in [-0.3, -0.25) is 4.99 Å². The molecule has 138 valence electrons. The molecule has 0 aliphatic heterocycles. The van der Waals surface area contributed by atoms with E-state index in [4.69, 9.17) is 27.6 Å². The zero-order valence-electron chi connectivity index (χ0n) is 14.4. The van der Waals surface area contributed by atoms with E-state index in [1.807, 2.05) is 60.7 Å². The largest absolute Gasteiger partial charge is 0.436 e. The van der Waals surface area contributed by atoms with E-state index in [9.17, 15) is 0 Å². The SMILES string of the molecule is Clc1ccc(-c2nc3cc(N=CC=Cc4cccc(Br)c4)ccc3o2)cc1Cl. The molecule has 0 saturated carbocycles. The normalized spacial score (nSPS) is 11.8. The molecule has 4 aromatic rings. The molecule has 0 fully saturated rings. The molecular formula is C22H13BrCl2N2O. The molecule has 0 radical (unpaired) electrons. The van der Waals surface area contributed by atoms with Crippen molar-refractivity contribution >= 4 is 68.2 Å². The van der Waals surface area contributed by atoms with Crippen molar-refractivity contribution in [2.24, 2.45) is 4.99 Å². The van der Waals surface area contributed by atoms with Gasteiger partial charge in [0.15, 0.2) is 5.58 Å². The van der Waals surface area contributed by atoms with Crippen LogP contribution >= 0.6 is 39.1 Å². The van der Waals surface area contributed by atoms with E-state index in [-0.39, 0.29) is 0 Å². The maximum atomic E-state index is 6.08. The van der Waals surface area contributed by atoms with Gasteiger partial charge in [-0.1, -0.05) is 57.3 Å². The summed E-state index contributed by atoms with van der Waals surface area (Å²) in [6.07, 6.45) is 5.64. The van der Waals surface area contributed by atoms with Crippen LogP contribution in [0.5, 0.6) is 0 Å². The topological polar surface area (TPSA) is 38.4 Å². The molecule has 0 amide bonds. The van der Waals surface area contributed by atoms with Gasteiger partial charge in [0.25, 0.3) is 0 Å². The van der Waals surface area contributed by atoms with Crippen LogP contribution in [-0.4, -0.2) is 11.2 Å². The number of hydrogen-bond donors (Lipinski definition) is 0. The van der Waals surface area contributed by atoms with Crippen LogP contribution in [-0.2, 0) is 0 Å². The van der Waals surface area contributed by atoms with Crippen LogP contribution in [0.25, 0.3) is 28.6 Å². The number of hydrogen-bond acceptors (Lipinski definition) is 3. The molecule has 0 spiro atoms. The summed E-state index contributed by atoms with van der Waals surface area (Å²) in [5.74, 6) is 0.490. The highest BCUT2D eigenvalue weighted by atomic mass is 79.9. The lowest BCUT2D eigenvalue weighted by Gasteiger charge is -1.97. The number of allylic oxidation sites excluding steroid dienone is 1. The monoisotopic (exact) mass is 470 g/mol. The van der Waals surface area contributed by atoms with Crippen LogP contribution in [0.3, 0.4) is 0 Å². The van der Waals surface area contributed by atoms with Crippen molar-refractivity contribution in [3.8, 4) is 11.5 Å². The first-order valence-corrected chi connectivity index (χ1v) is 9.96. The Kier molecular flexibility index (Phi) is 5.62. The highest BCUT2D eigenvalue weighted by Gasteiger charge is 2.10. The maximum Gasteiger partial charge on any atom is 0.227 e. The molecule has 3 nitrogen and oxygen atoms in total. The number of aromatic nitrogens is 1. The lowest BCUT2D eigenvalue weighted by atomic mass is 10.2. The van der Waals surface area contributed by atoms with Crippen molar-refractivity contribution in [3.05, 3.63) is 86.8 Å². The van der Waals surface area contributed by atoms with Gasteiger partial charge in [-0.15, -0.1) is 0 Å². The fourth-order valence-electron chi connectivity index (χ4n) is 2.64. The summed E-state index contributed by atoms with van der Waals surface area (Å²) in [7, 11) is 0. The van der Waals surface area contributed by atoms with Crippen molar-refractivity contribution in [3.63, 3.8) is 0 Å². The van der Waals surface area contributed by atoms with Gasteiger partial charge in [-0.2, -0.15) is 0 Å². The van der Waals surface area contributed by atoms with Gasteiger partial charge in [-0.05, 0) is 60.2 Å². The number of aliphatic imine (C=N–C) groups is 1. The second-order valence-electron chi connectivity index (χ2n) is 5.99. The van der Waals surface area contributed by atoms with E-state index in [2.05, 4.69) is 25.9 Å². The molecule has 4 rings (SSSR count). The third-order valence-corrected chi connectivity index (χ3v) is 5.22. The maximum absolute atomic E-state index is 6.08. The van der Waals surface area contributed by atoms with E-state index in [1.54, 1.807) is 18.3 Å². The predicted molar refractivity (Wildman–Crippen MR) is 121 cm³/mol. The van der Waals surface area contributed by atoms with E-state index in [1.165, 1.54) is 0 Å². The van der Waals surface area contributed by atoms with Crippen molar-refractivity contribution in [2.75, 3.05) is 0 Å². The molecule has 0 saturated heterocycles. The van der Waals surface area contributed by atoms with E-state index >= 15 is 0 Å². The third-order valence-electron chi connectivity index (χ3n) is 3.98. The Morgan fingerprint density at radius 3 is 2.68 bits per heavy atom. The van der Waals surface area contributed by atoms with Gasteiger partial charge in [-0.25, -0.2) is 4.98 Å². The van der Waals surface area contributed by atoms with Crippen molar-refractivity contribution in [1.82, 2.24) is 4.98 Å². The Hall–Kier alpha value is -2.40. The minimum absolute atomic E-state index is 0.462. The zero-order valence-corrected chi connectivity index (χ0v) is 17.5. The van der Waals surface area contributed by atoms with Gasteiger partial charge in [0.05, 0.1) is 15.7 Å². The number of nitrogens with zero attached hydrogens (tertiary/aromatic N) is 2. The fourth-order valence-corrected chi connectivity index (χ4v) is 3.36. The second-order valence-corrected chi connectivity index (χ2v) is 7.72. The first-order chi connectivity index (χ1) is 13.6. The minimum Gasteiger partial charge on any atom is -0.436 e. The Labute approximate surface area is 180 Å².